The van der Waals surface area contributed by atoms with Crippen molar-refractivity contribution in [3.63, 3.8) is 0 Å². The first-order chi connectivity index (χ1) is 8.71. The summed E-state index contributed by atoms with van der Waals surface area (Å²) in [5.74, 6) is 0. The lowest BCUT2D eigenvalue weighted by Crippen LogP contribution is -2.33. The van der Waals surface area contributed by atoms with Gasteiger partial charge in [0.25, 0.3) is 0 Å². The van der Waals surface area contributed by atoms with Crippen molar-refractivity contribution in [3.8, 4) is 0 Å². The van der Waals surface area contributed by atoms with Gasteiger partial charge >= 0.3 is 0 Å². The minimum absolute atomic E-state index is 0.586. The molecule has 0 spiro atoms. The van der Waals surface area contributed by atoms with Gasteiger partial charge in [0.05, 0.1) is 0 Å². The van der Waals surface area contributed by atoms with Crippen LogP contribution in [-0.4, -0.2) is 24.5 Å². The van der Waals surface area contributed by atoms with Gasteiger partial charge in [-0.25, -0.2) is 0 Å². The van der Waals surface area contributed by atoms with E-state index < -0.39 is 0 Å². The highest BCUT2D eigenvalue weighted by atomic mass is 15.1. The fourth-order valence-corrected chi connectivity index (χ4v) is 2.12. The van der Waals surface area contributed by atoms with Crippen LogP contribution in [0, 0.1) is 0 Å². The summed E-state index contributed by atoms with van der Waals surface area (Å²) < 4.78 is 0. The Kier molecular flexibility index (Phi) is 15.9. The van der Waals surface area contributed by atoms with E-state index in [1.807, 2.05) is 13.8 Å². The molecule has 0 heterocycles. The van der Waals surface area contributed by atoms with E-state index in [0.717, 1.165) is 12.8 Å². The van der Waals surface area contributed by atoms with Crippen LogP contribution < -0.4 is 0 Å². The van der Waals surface area contributed by atoms with Gasteiger partial charge in [-0.3, -0.25) is 4.90 Å². The topological polar surface area (TPSA) is 3.24 Å². The monoisotopic (exact) mass is 253 g/mol. The van der Waals surface area contributed by atoms with Gasteiger partial charge in [0, 0.05) is 6.04 Å². The average Bonchev–Trinajstić information content (AvgIpc) is 2.39. The average molecular weight is 253 g/mol. The second kappa shape index (κ2) is 14.5. The molecule has 0 amide bonds. The number of likely N-dealkylation sites (N-methyl/N-ethyl adjacent to an activating group) is 1. The van der Waals surface area contributed by atoms with Crippen LogP contribution in [-0.2, 0) is 0 Å². The summed E-state index contributed by atoms with van der Waals surface area (Å²) in [6.45, 7) is 14.1. The molecule has 0 aromatic heterocycles. The Labute approximate surface area is 116 Å². The maximum Gasteiger partial charge on any atom is 0.0339 e. The summed E-state index contributed by atoms with van der Waals surface area (Å²) in [6, 6.07) is 0.586. The van der Waals surface area contributed by atoms with Gasteiger partial charge in [-0.1, -0.05) is 59.8 Å². The van der Waals surface area contributed by atoms with E-state index in [9.17, 15) is 0 Å². The third-order valence-corrected chi connectivity index (χ3v) is 2.87. The zero-order valence-electron chi connectivity index (χ0n) is 13.8. The molecule has 0 saturated carbocycles. The minimum atomic E-state index is 0.586. The first-order valence-electron chi connectivity index (χ1n) is 7.77. The number of nitrogens with zero attached hydrogens (tertiary/aromatic N) is 1. The van der Waals surface area contributed by atoms with Crippen molar-refractivity contribution in [2.24, 2.45) is 0 Å². The molecule has 0 fully saturated rings. The van der Waals surface area contributed by atoms with Crippen molar-refractivity contribution < 1.29 is 0 Å². The van der Waals surface area contributed by atoms with Crippen molar-refractivity contribution in [2.45, 2.75) is 73.3 Å². The van der Waals surface area contributed by atoms with Crippen LogP contribution >= 0.6 is 0 Å². The summed E-state index contributed by atoms with van der Waals surface area (Å²) in [4.78, 5) is 2.47. The van der Waals surface area contributed by atoms with Crippen molar-refractivity contribution in [1.82, 2.24) is 4.90 Å². The quantitative estimate of drug-likeness (QED) is 0.521. The predicted octanol–water partition coefficient (Wildman–Crippen LogP) is 5.44. The molecule has 0 aliphatic carbocycles. The largest absolute Gasteiger partial charge is 0.299 e. The Morgan fingerprint density at radius 3 is 2.06 bits per heavy atom. The molecule has 0 bridgehead atoms. The van der Waals surface area contributed by atoms with Gasteiger partial charge in [0.1, 0.15) is 0 Å². The fourth-order valence-electron chi connectivity index (χ4n) is 2.12. The Morgan fingerprint density at radius 2 is 1.67 bits per heavy atom. The first-order valence-corrected chi connectivity index (χ1v) is 7.77. The Hall–Kier alpha value is -0.560. The normalized spacial score (nSPS) is 13.7. The van der Waals surface area contributed by atoms with Crippen LogP contribution in [0.25, 0.3) is 0 Å². The van der Waals surface area contributed by atoms with E-state index in [1.54, 1.807) is 0 Å². The van der Waals surface area contributed by atoms with Crippen LogP contribution in [0.1, 0.15) is 67.2 Å². The number of allylic oxidation sites excluding steroid dienone is 2. The van der Waals surface area contributed by atoms with E-state index in [2.05, 4.69) is 57.9 Å². The van der Waals surface area contributed by atoms with Crippen LogP contribution in [0.15, 0.2) is 23.8 Å². The summed E-state index contributed by atoms with van der Waals surface area (Å²) in [7, 11) is 2.24. The van der Waals surface area contributed by atoms with Crippen molar-refractivity contribution in [1.29, 1.82) is 0 Å². The molecular weight excluding hydrogens is 218 g/mol. The third-order valence-electron chi connectivity index (χ3n) is 2.87. The molecule has 0 N–H and O–H groups in total. The van der Waals surface area contributed by atoms with E-state index >= 15 is 0 Å². The molecule has 0 rings (SSSR count). The zero-order chi connectivity index (χ0) is 14.4. The molecular formula is C17H35N. The molecule has 0 aromatic carbocycles. The number of rotatable bonds is 8. The van der Waals surface area contributed by atoms with Crippen LogP contribution in [0.4, 0.5) is 0 Å². The highest BCUT2D eigenvalue weighted by Crippen LogP contribution is 2.16. The van der Waals surface area contributed by atoms with Crippen molar-refractivity contribution in [3.05, 3.63) is 23.8 Å². The molecule has 18 heavy (non-hydrogen) atoms. The Bertz CT molecular complexity index is 216. The highest BCUT2D eigenvalue weighted by Gasteiger charge is 2.14. The van der Waals surface area contributed by atoms with Gasteiger partial charge in [-0.15, -0.1) is 0 Å². The van der Waals surface area contributed by atoms with E-state index in [4.69, 9.17) is 0 Å². The minimum Gasteiger partial charge on any atom is -0.299 e. The Balaban J connectivity index is 0. The maximum absolute atomic E-state index is 2.47. The second-order valence-corrected chi connectivity index (χ2v) is 4.33. The lowest BCUT2D eigenvalue weighted by molar-refractivity contribution is 0.269. The zero-order valence-corrected chi connectivity index (χ0v) is 13.8. The molecule has 1 heteroatoms. The summed E-state index contributed by atoms with van der Waals surface area (Å²) in [5, 5.41) is 0. The van der Waals surface area contributed by atoms with Gasteiger partial charge < -0.3 is 0 Å². The molecule has 1 nitrogen and oxygen atoms in total. The lowest BCUT2D eigenvalue weighted by Gasteiger charge is -2.28. The molecule has 1 atom stereocenters. The molecule has 0 aliphatic heterocycles. The molecule has 1 unspecified atom stereocenters. The van der Waals surface area contributed by atoms with E-state index in [0.29, 0.717) is 6.04 Å². The number of hydrogen-bond donors (Lipinski definition) is 0. The smallest absolute Gasteiger partial charge is 0.0339 e. The lowest BCUT2D eigenvalue weighted by atomic mass is 10.0. The van der Waals surface area contributed by atoms with Crippen LogP contribution in [0.3, 0.4) is 0 Å². The van der Waals surface area contributed by atoms with E-state index in [-0.39, 0.29) is 0 Å². The fraction of sp³-hybridized carbons (Fsp3) is 0.765. The second-order valence-electron chi connectivity index (χ2n) is 4.33. The van der Waals surface area contributed by atoms with Gasteiger partial charge in [-0.2, -0.15) is 0 Å². The van der Waals surface area contributed by atoms with Gasteiger partial charge in [-0.05, 0) is 44.8 Å². The standard InChI is InChI=1S/C15H29N.C2H6/c1-6-10-12-14(11-7-2)15(9-4)16(5)13-8-3;1-2/h10-12,15H,6-9,13H2,1-5H3;1-2H3/b12-10-,14-11+;. The molecule has 0 aromatic rings. The summed E-state index contributed by atoms with van der Waals surface area (Å²) in [5.41, 5.74) is 1.49. The highest BCUT2D eigenvalue weighted by molar-refractivity contribution is 5.24. The SMILES string of the molecule is CC.CC/C=C\C(=C/CC)C(CC)N(C)CCC. The van der Waals surface area contributed by atoms with Gasteiger partial charge in [0.2, 0.25) is 0 Å². The van der Waals surface area contributed by atoms with Crippen molar-refractivity contribution >= 4 is 0 Å². The Morgan fingerprint density at radius 1 is 1.06 bits per heavy atom. The van der Waals surface area contributed by atoms with Crippen molar-refractivity contribution in [2.75, 3.05) is 13.6 Å². The first kappa shape index (κ1) is 19.8. The third kappa shape index (κ3) is 8.52. The van der Waals surface area contributed by atoms with Crippen LogP contribution in [0.5, 0.6) is 0 Å². The maximum atomic E-state index is 2.47. The number of hydrogen-bond acceptors (Lipinski definition) is 1. The molecule has 0 saturated heterocycles. The summed E-state index contributed by atoms with van der Waals surface area (Å²) in [6.07, 6.45) is 11.6. The summed E-state index contributed by atoms with van der Waals surface area (Å²) >= 11 is 0. The molecule has 0 radical (unpaired) electrons. The van der Waals surface area contributed by atoms with E-state index in [1.165, 1.54) is 25.0 Å². The van der Waals surface area contributed by atoms with Gasteiger partial charge in [0.15, 0.2) is 0 Å². The molecule has 0 aliphatic rings. The predicted molar refractivity (Wildman–Crippen MR) is 86.2 cm³/mol. The van der Waals surface area contributed by atoms with Crippen LogP contribution in [0.2, 0.25) is 0 Å². The molecule has 108 valence electrons.